The number of aliphatic hydroxyl groups excluding tert-OH is 1. The smallest absolute Gasteiger partial charge is 0.300 e. The van der Waals surface area contributed by atoms with Crippen LogP contribution in [0.3, 0.4) is 0 Å². The molecule has 3 aromatic carbocycles. The summed E-state index contributed by atoms with van der Waals surface area (Å²) in [5.74, 6) is -2.38. The van der Waals surface area contributed by atoms with Crippen molar-refractivity contribution < 1.29 is 24.2 Å². The number of nitrogens with zero attached hydrogens (tertiary/aromatic N) is 1. The SMILES string of the molecule is Cc1ccc(C(C)(C)C)cc1/C(O)=C1\C(=O)C(=O)N(c2ccc(F)cc2)C1c1ccc(O)cc1. The van der Waals surface area contributed by atoms with Gasteiger partial charge >= 0.3 is 0 Å². The number of rotatable bonds is 3. The summed E-state index contributed by atoms with van der Waals surface area (Å²) in [6, 6.07) is 16.1. The summed E-state index contributed by atoms with van der Waals surface area (Å²) < 4.78 is 13.6. The van der Waals surface area contributed by atoms with Crippen molar-refractivity contribution in [1.29, 1.82) is 0 Å². The largest absolute Gasteiger partial charge is 0.508 e. The number of halogens is 1. The molecular formula is C28H26FNO4. The van der Waals surface area contributed by atoms with Crippen LogP contribution in [0.1, 0.15) is 49.1 Å². The van der Waals surface area contributed by atoms with E-state index in [-0.39, 0.29) is 22.5 Å². The number of aromatic hydroxyl groups is 1. The van der Waals surface area contributed by atoms with Crippen molar-refractivity contribution in [2.24, 2.45) is 0 Å². The Morgan fingerprint density at radius 1 is 0.941 bits per heavy atom. The van der Waals surface area contributed by atoms with Crippen molar-refractivity contribution in [2.75, 3.05) is 4.90 Å². The molecule has 0 saturated carbocycles. The van der Waals surface area contributed by atoms with Crippen LogP contribution in [-0.4, -0.2) is 21.9 Å². The zero-order valence-electron chi connectivity index (χ0n) is 19.5. The summed E-state index contributed by atoms with van der Waals surface area (Å²) in [7, 11) is 0. The molecule has 1 amide bonds. The maximum Gasteiger partial charge on any atom is 0.300 e. The molecule has 1 fully saturated rings. The van der Waals surface area contributed by atoms with Crippen LogP contribution < -0.4 is 4.90 Å². The van der Waals surface area contributed by atoms with Gasteiger partial charge in [-0.05, 0) is 71.5 Å². The molecule has 6 heteroatoms. The molecule has 3 aromatic rings. The lowest BCUT2D eigenvalue weighted by atomic mass is 9.84. The number of carbonyl (C=O) groups is 2. The van der Waals surface area contributed by atoms with Crippen molar-refractivity contribution >= 4 is 23.1 Å². The number of hydrogen-bond acceptors (Lipinski definition) is 4. The Kier molecular flexibility index (Phi) is 5.77. The number of carbonyl (C=O) groups excluding carboxylic acids is 2. The molecule has 2 N–H and O–H groups in total. The van der Waals surface area contributed by atoms with Crippen molar-refractivity contribution in [1.82, 2.24) is 0 Å². The van der Waals surface area contributed by atoms with Crippen LogP contribution in [0.25, 0.3) is 5.76 Å². The average Bonchev–Trinajstić information content (AvgIpc) is 3.04. The Bertz CT molecular complexity index is 1300. The van der Waals surface area contributed by atoms with E-state index in [0.29, 0.717) is 16.8 Å². The molecule has 1 unspecified atom stereocenters. The van der Waals surface area contributed by atoms with Gasteiger partial charge < -0.3 is 10.2 Å². The molecule has 34 heavy (non-hydrogen) atoms. The molecule has 1 atom stereocenters. The Morgan fingerprint density at radius 3 is 2.15 bits per heavy atom. The number of phenols is 1. The number of hydrogen-bond donors (Lipinski definition) is 2. The number of Topliss-reactive ketones (excluding diaryl/α,β-unsaturated/α-hetero) is 1. The summed E-state index contributed by atoms with van der Waals surface area (Å²) in [5.41, 5.74) is 2.77. The van der Waals surface area contributed by atoms with Gasteiger partial charge in [0.2, 0.25) is 0 Å². The van der Waals surface area contributed by atoms with Gasteiger partial charge in [0.05, 0.1) is 11.6 Å². The molecule has 1 heterocycles. The highest BCUT2D eigenvalue weighted by atomic mass is 19.1. The molecule has 1 saturated heterocycles. The quantitative estimate of drug-likeness (QED) is 0.296. The first-order valence-electron chi connectivity index (χ1n) is 11.0. The topological polar surface area (TPSA) is 77.8 Å². The van der Waals surface area contributed by atoms with Crippen molar-refractivity contribution in [3.8, 4) is 5.75 Å². The van der Waals surface area contributed by atoms with Crippen LogP contribution in [0.15, 0.2) is 72.3 Å². The molecular weight excluding hydrogens is 433 g/mol. The maximum atomic E-state index is 13.6. The Hall–Kier alpha value is -3.93. The lowest BCUT2D eigenvalue weighted by Crippen LogP contribution is -2.29. The lowest BCUT2D eigenvalue weighted by Gasteiger charge is -2.26. The molecule has 1 aliphatic heterocycles. The third-order valence-corrected chi connectivity index (χ3v) is 6.12. The van der Waals surface area contributed by atoms with Crippen LogP contribution >= 0.6 is 0 Å². The summed E-state index contributed by atoms with van der Waals surface area (Å²) in [5, 5.41) is 21.2. The monoisotopic (exact) mass is 459 g/mol. The zero-order chi connectivity index (χ0) is 24.8. The average molecular weight is 460 g/mol. The fourth-order valence-corrected chi connectivity index (χ4v) is 4.16. The Morgan fingerprint density at radius 2 is 1.56 bits per heavy atom. The third-order valence-electron chi connectivity index (χ3n) is 6.12. The number of amides is 1. The zero-order valence-corrected chi connectivity index (χ0v) is 19.5. The second-order valence-electron chi connectivity index (χ2n) is 9.52. The Balaban J connectivity index is 1.97. The summed E-state index contributed by atoms with van der Waals surface area (Å²) >= 11 is 0. The van der Waals surface area contributed by atoms with Crippen LogP contribution in [0, 0.1) is 12.7 Å². The Labute approximate surface area is 197 Å². The highest BCUT2D eigenvalue weighted by molar-refractivity contribution is 6.51. The number of anilines is 1. The molecule has 0 radical (unpaired) electrons. The maximum absolute atomic E-state index is 13.6. The number of ketones is 1. The molecule has 174 valence electrons. The number of aliphatic hydroxyl groups is 1. The highest BCUT2D eigenvalue weighted by Gasteiger charge is 2.47. The predicted molar refractivity (Wildman–Crippen MR) is 129 cm³/mol. The minimum atomic E-state index is -0.955. The highest BCUT2D eigenvalue weighted by Crippen LogP contribution is 2.43. The van der Waals surface area contributed by atoms with E-state index >= 15 is 0 Å². The van der Waals surface area contributed by atoms with E-state index in [9.17, 15) is 24.2 Å². The first-order chi connectivity index (χ1) is 16.0. The predicted octanol–water partition coefficient (Wildman–Crippen LogP) is 5.76. The number of aryl methyl sites for hydroxylation is 1. The number of phenolic OH excluding ortho intramolecular Hbond substituents is 1. The van der Waals surface area contributed by atoms with Crippen LogP contribution in [0.5, 0.6) is 5.75 Å². The molecule has 0 bridgehead atoms. The summed E-state index contributed by atoms with van der Waals surface area (Å²) in [6.45, 7) is 7.97. The normalized spacial score (nSPS) is 17.9. The first kappa shape index (κ1) is 23.2. The summed E-state index contributed by atoms with van der Waals surface area (Å²) in [6.07, 6.45) is 0. The van der Waals surface area contributed by atoms with Crippen molar-refractivity contribution in [2.45, 2.75) is 39.2 Å². The van der Waals surface area contributed by atoms with Gasteiger partial charge in [0.1, 0.15) is 17.3 Å². The van der Waals surface area contributed by atoms with Gasteiger partial charge in [-0.25, -0.2) is 4.39 Å². The number of benzene rings is 3. The molecule has 5 nitrogen and oxygen atoms in total. The van der Waals surface area contributed by atoms with Gasteiger partial charge in [0, 0.05) is 11.3 Å². The third kappa shape index (κ3) is 4.07. The van der Waals surface area contributed by atoms with E-state index in [0.717, 1.165) is 11.1 Å². The molecule has 1 aliphatic rings. The van der Waals surface area contributed by atoms with Crippen LogP contribution in [0.4, 0.5) is 10.1 Å². The second-order valence-corrected chi connectivity index (χ2v) is 9.52. The van der Waals surface area contributed by atoms with E-state index in [1.807, 2.05) is 45.9 Å². The van der Waals surface area contributed by atoms with Gasteiger partial charge in [-0.1, -0.05) is 45.0 Å². The van der Waals surface area contributed by atoms with Gasteiger partial charge in [-0.15, -0.1) is 0 Å². The lowest BCUT2D eigenvalue weighted by molar-refractivity contribution is -0.132. The van der Waals surface area contributed by atoms with E-state index in [4.69, 9.17) is 0 Å². The van der Waals surface area contributed by atoms with Crippen LogP contribution in [0.2, 0.25) is 0 Å². The summed E-state index contributed by atoms with van der Waals surface area (Å²) in [4.78, 5) is 27.7. The minimum Gasteiger partial charge on any atom is -0.508 e. The molecule has 0 spiro atoms. The molecule has 0 aromatic heterocycles. The van der Waals surface area contributed by atoms with Crippen molar-refractivity contribution in [3.63, 3.8) is 0 Å². The molecule has 4 rings (SSSR count). The van der Waals surface area contributed by atoms with E-state index < -0.39 is 23.5 Å². The van der Waals surface area contributed by atoms with E-state index in [1.54, 1.807) is 12.1 Å². The fourth-order valence-electron chi connectivity index (χ4n) is 4.16. The van der Waals surface area contributed by atoms with E-state index in [2.05, 4.69) is 0 Å². The van der Waals surface area contributed by atoms with Crippen LogP contribution in [-0.2, 0) is 15.0 Å². The fraction of sp³-hybridized carbons (Fsp3) is 0.214. The van der Waals surface area contributed by atoms with Gasteiger partial charge in [-0.3, -0.25) is 14.5 Å². The van der Waals surface area contributed by atoms with Gasteiger partial charge in [0.15, 0.2) is 0 Å². The molecule has 0 aliphatic carbocycles. The first-order valence-corrected chi connectivity index (χ1v) is 11.0. The van der Waals surface area contributed by atoms with Crippen molar-refractivity contribution in [3.05, 3.63) is 100 Å². The van der Waals surface area contributed by atoms with Gasteiger partial charge in [-0.2, -0.15) is 0 Å². The standard InChI is InChI=1S/C28H26FNO4/c1-16-5-8-18(28(2,3)4)15-22(16)25(32)23-24(17-6-13-21(31)14-7-17)30(27(34)26(23)33)20-11-9-19(29)10-12-20/h5-15,24,31-32H,1-4H3/b25-23+. The minimum absolute atomic E-state index is 0.0243. The van der Waals surface area contributed by atoms with Gasteiger partial charge in [0.25, 0.3) is 11.7 Å². The van der Waals surface area contributed by atoms with E-state index in [1.165, 1.54) is 41.3 Å². The second kappa shape index (κ2) is 8.45.